The van der Waals surface area contributed by atoms with Crippen LogP contribution in [0.25, 0.3) is 11.0 Å². The Morgan fingerprint density at radius 3 is 2.82 bits per heavy atom. The largest absolute Gasteiger partial charge is 0.497 e. The molecule has 4 rings (SSSR count). The maximum Gasteiger partial charge on any atom is 0.344 e. The summed E-state index contributed by atoms with van der Waals surface area (Å²) in [5.41, 5.74) is 3.37. The number of hydrogen-bond donors (Lipinski definition) is 2. The Hall–Kier alpha value is -3.79. The number of hydrazine groups is 1. The molecule has 0 unspecified atom stereocenters. The molecular formula is C23H23N5O4S. The summed E-state index contributed by atoms with van der Waals surface area (Å²) in [6, 6.07) is 13.8. The Kier molecular flexibility index (Phi) is 6.10. The van der Waals surface area contributed by atoms with Crippen molar-refractivity contribution >= 4 is 40.6 Å². The molecule has 0 bridgehead atoms. The molecule has 1 aromatic heterocycles. The number of rotatable bonds is 8. The number of thioether (sulfide) groups is 1. The third-order valence-electron chi connectivity index (χ3n) is 5.34. The molecule has 1 aliphatic heterocycles. The first-order valence-corrected chi connectivity index (χ1v) is 11.2. The van der Waals surface area contributed by atoms with E-state index in [-0.39, 0.29) is 5.75 Å². The van der Waals surface area contributed by atoms with Gasteiger partial charge in [0.15, 0.2) is 5.16 Å². The average Bonchev–Trinajstić information content (AvgIpc) is 3.28. The lowest BCUT2D eigenvalue weighted by Crippen LogP contribution is -2.48. The van der Waals surface area contributed by atoms with Gasteiger partial charge in [0.05, 0.1) is 23.9 Å². The van der Waals surface area contributed by atoms with E-state index in [9.17, 15) is 14.4 Å². The van der Waals surface area contributed by atoms with Crippen molar-refractivity contribution in [3.63, 3.8) is 0 Å². The van der Waals surface area contributed by atoms with Gasteiger partial charge in [-0.2, -0.15) is 5.01 Å². The standard InChI is InChI=1S/C23H23N5O4S/c1-4-12-27-18-11-6-5-10-17(18)24-22(27)33-14-19(29)26-28-20(30)23(2,25-21(28)31)15-8-7-9-16(13-15)32-3/h4-11,13H,1,12,14H2,2-3H3,(H,25,31)(H,26,29)/t23-/m0/s1. The van der Waals surface area contributed by atoms with Gasteiger partial charge in [0.1, 0.15) is 11.3 Å². The smallest absolute Gasteiger partial charge is 0.344 e. The van der Waals surface area contributed by atoms with Crippen molar-refractivity contribution in [3.05, 3.63) is 66.7 Å². The van der Waals surface area contributed by atoms with Crippen LogP contribution in [-0.2, 0) is 21.7 Å². The number of carbonyl (C=O) groups excluding carboxylic acids is 3. The number of ether oxygens (including phenoxy) is 1. The van der Waals surface area contributed by atoms with E-state index < -0.39 is 23.4 Å². The van der Waals surface area contributed by atoms with Crippen LogP contribution < -0.4 is 15.5 Å². The summed E-state index contributed by atoms with van der Waals surface area (Å²) in [5, 5.41) is 4.01. The number of hydrogen-bond acceptors (Lipinski definition) is 6. The zero-order valence-electron chi connectivity index (χ0n) is 18.2. The van der Waals surface area contributed by atoms with E-state index in [1.807, 2.05) is 28.8 Å². The lowest BCUT2D eigenvalue weighted by atomic mass is 9.92. The lowest BCUT2D eigenvalue weighted by Gasteiger charge is -2.22. The molecule has 0 aliphatic carbocycles. The average molecular weight is 466 g/mol. The number of para-hydroxylation sites is 2. The fourth-order valence-electron chi connectivity index (χ4n) is 3.63. The Labute approximate surface area is 194 Å². The molecule has 1 aliphatic rings. The zero-order chi connectivity index (χ0) is 23.6. The maximum absolute atomic E-state index is 13.1. The zero-order valence-corrected chi connectivity index (χ0v) is 19.0. The fraction of sp³-hybridized carbons (Fsp3) is 0.217. The van der Waals surface area contributed by atoms with Gasteiger partial charge in [0.25, 0.3) is 5.91 Å². The lowest BCUT2D eigenvalue weighted by molar-refractivity contribution is -0.138. The van der Waals surface area contributed by atoms with Crippen LogP contribution >= 0.6 is 11.8 Å². The molecule has 10 heteroatoms. The van der Waals surface area contributed by atoms with Gasteiger partial charge in [-0.15, -0.1) is 6.58 Å². The van der Waals surface area contributed by atoms with Gasteiger partial charge < -0.3 is 14.6 Å². The highest BCUT2D eigenvalue weighted by Gasteiger charge is 2.50. The molecule has 33 heavy (non-hydrogen) atoms. The normalized spacial score (nSPS) is 17.8. The molecule has 170 valence electrons. The number of carbonyl (C=O) groups is 3. The molecule has 9 nitrogen and oxygen atoms in total. The van der Waals surface area contributed by atoms with Crippen molar-refractivity contribution in [1.29, 1.82) is 0 Å². The highest BCUT2D eigenvalue weighted by Crippen LogP contribution is 2.30. The third-order valence-corrected chi connectivity index (χ3v) is 6.31. The highest BCUT2D eigenvalue weighted by molar-refractivity contribution is 7.99. The number of nitrogens with one attached hydrogen (secondary N) is 2. The van der Waals surface area contributed by atoms with E-state index in [2.05, 4.69) is 22.3 Å². The Bertz CT molecular complexity index is 1260. The van der Waals surface area contributed by atoms with Gasteiger partial charge in [0, 0.05) is 6.54 Å². The number of methoxy groups -OCH3 is 1. The highest BCUT2D eigenvalue weighted by atomic mass is 32.2. The minimum atomic E-state index is -1.33. The molecule has 4 amide bonds. The van der Waals surface area contributed by atoms with Crippen LogP contribution in [0.15, 0.2) is 66.3 Å². The van der Waals surface area contributed by atoms with Crippen LogP contribution in [-0.4, -0.2) is 45.3 Å². The van der Waals surface area contributed by atoms with Crippen LogP contribution in [0, 0.1) is 0 Å². The predicted molar refractivity (Wildman–Crippen MR) is 125 cm³/mol. The molecule has 1 fully saturated rings. The van der Waals surface area contributed by atoms with Crippen LogP contribution in [0.4, 0.5) is 4.79 Å². The predicted octanol–water partition coefficient (Wildman–Crippen LogP) is 2.82. The van der Waals surface area contributed by atoms with E-state index in [1.165, 1.54) is 18.9 Å². The van der Waals surface area contributed by atoms with Crippen molar-refractivity contribution in [2.45, 2.75) is 24.2 Å². The second-order valence-electron chi connectivity index (χ2n) is 7.53. The van der Waals surface area contributed by atoms with Crippen LogP contribution in [0.1, 0.15) is 12.5 Å². The maximum atomic E-state index is 13.1. The van der Waals surface area contributed by atoms with Crippen LogP contribution in [0.3, 0.4) is 0 Å². The number of imidazole rings is 1. The molecule has 0 saturated carbocycles. The summed E-state index contributed by atoms with van der Waals surface area (Å²) >= 11 is 1.21. The van der Waals surface area contributed by atoms with Gasteiger partial charge in [-0.3, -0.25) is 15.0 Å². The number of allylic oxidation sites excluding steroid dienone is 1. The first kappa shape index (κ1) is 22.4. The summed E-state index contributed by atoms with van der Waals surface area (Å²) < 4.78 is 7.16. The monoisotopic (exact) mass is 465 g/mol. The van der Waals surface area contributed by atoms with Gasteiger partial charge >= 0.3 is 6.03 Å². The summed E-state index contributed by atoms with van der Waals surface area (Å²) in [7, 11) is 1.52. The summed E-state index contributed by atoms with van der Waals surface area (Å²) in [6.45, 7) is 5.90. The summed E-state index contributed by atoms with van der Waals surface area (Å²) in [6.07, 6.45) is 1.75. The summed E-state index contributed by atoms with van der Waals surface area (Å²) in [5.74, 6) is -0.571. The molecular weight excluding hydrogens is 442 g/mol. The van der Waals surface area contributed by atoms with Gasteiger partial charge in [-0.05, 0) is 36.8 Å². The number of benzene rings is 2. The van der Waals surface area contributed by atoms with Crippen molar-refractivity contribution in [1.82, 2.24) is 25.3 Å². The fourth-order valence-corrected chi connectivity index (χ4v) is 4.44. The first-order valence-electron chi connectivity index (χ1n) is 10.2. The van der Waals surface area contributed by atoms with Crippen LogP contribution in [0.5, 0.6) is 5.75 Å². The minimum Gasteiger partial charge on any atom is -0.497 e. The molecule has 1 atom stereocenters. The van der Waals surface area contributed by atoms with Crippen molar-refractivity contribution in [2.24, 2.45) is 0 Å². The summed E-state index contributed by atoms with van der Waals surface area (Å²) in [4.78, 5) is 42.7. The minimum absolute atomic E-state index is 0.0343. The van der Waals surface area contributed by atoms with Gasteiger partial charge in [-0.25, -0.2) is 9.78 Å². The molecule has 0 radical (unpaired) electrons. The number of imide groups is 1. The van der Waals surface area contributed by atoms with Gasteiger partial charge in [0.2, 0.25) is 5.91 Å². The number of amides is 4. The SMILES string of the molecule is C=CCn1c(SCC(=O)NN2C(=O)N[C@@](C)(c3cccc(OC)c3)C2=O)nc2ccccc21. The number of fused-ring (bicyclic) bond motifs is 1. The molecule has 1 saturated heterocycles. The van der Waals surface area contributed by atoms with E-state index in [0.717, 1.165) is 16.0 Å². The van der Waals surface area contributed by atoms with E-state index in [1.54, 1.807) is 37.3 Å². The second-order valence-corrected chi connectivity index (χ2v) is 8.48. The van der Waals surface area contributed by atoms with E-state index >= 15 is 0 Å². The number of nitrogens with zero attached hydrogens (tertiary/aromatic N) is 3. The van der Waals surface area contributed by atoms with Crippen molar-refractivity contribution in [2.75, 3.05) is 12.9 Å². The van der Waals surface area contributed by atoms with E-state index in [0.29, 0.717) is 23.0 Å². The van der Waals surface area contributed by atoms with Crippen molar-refractivity contribution < 1.29 is 19.1 Å². The third kappa shape index (κ3) is 4.17. The quantitative estimate of drug-likeness (QED) is 0.301. The van der Waals surface area contributed by atoms with Crippen molar-refractivity contribution in [3.8, 4) is 5.75 Å². The first-order chi connectivity index (χ1) is 15.9. The topological polar surface area (TPSA) is 106 Å². The molecule has 3 aromatic rings. The number of urea groups is 1. The Morgan fingerprint density at radius 2 is 2.06 bits per heavy atom. The second kappa shape index (κ2) is 8.99. The Balaban J connectivity index is 1.46. The molecule has 2 aromatic carbocycles. The molecule has 2 N–H and O–H groups in total. The Morgan fingerprint density at radius 1 is 1.27 bits per heavy atom. The van der Waals surface area contributed by atoms with Crippen LogP contribution in [0.2, 0.25) is 0 Å². The van der Waals surface area contributed by atoms with E-state index in [4.69, 9.17) is 4.74 Å². The molecule has 2 heterocycles. The van der Waals surface area contributed by atoms with Gasteiger partial charge in [-0.1, -0.05) is 42.1 Å². The molecule has 0 spiro atoms. The number of aromatic nitrogens is 2.